The summed E-state index contributed by atoms with van der Waals surface area (Å²) >= 11 is 0. The van der Waals surface area contributed by atoms with Gasteiger partial charge in [0.15, 0.2) is 0 Å². The maximum Gasteiger partial charge on any atom is 0.321 e. The molecule has 0 bridgehead atoms. The van der Waals surface area contributed by atoms with Crippen LogP contribution < -0.4 is 16.4 Å². The molecule has 1 heterocycles. The summed E-state index contributed by atoms with van der Waals surface area (Å²) in [7, 11) is 1.47. The van der Waals surface area contributed by atoms with E-state index in [1.54, 1.807) is 0 Å². The number of hydrogen-bond donors (Lipinski definition) is 3. The molecule has 6 nitrogen and oxygen atoms in total. The molecule has 0 saturated carbocycles. The molecule has 0 radical (unpaired) electrons. The summed E-state index contributed by atoms with van der Waals surface area (Å²) in [4.78, 5) is 24.2. The standard InChI is InChI=1S/C9H18N4O2/c1-11-9(15)12-8(14)6-13-4-2-3-7(13)5-10/h7H,2-6,10H2,1H3,(H2,11,12,14,15). The molecule has 15 heavy (non-hydrogen) atoms. The van der Waals surface area contributed by atoms with Crippen molar-refractivity contribution in [1.82, 2.24) is 15.5 Å². The van der Waals surface area contributed by atoms with E-state index in [1.807, 2.05) is 4.90 Å². The molecule has 4 N–H and O–H groups in total. The Labute approximate surface area is 89.2 Å². The van der Waals surface area contributed by atoms with Gasteiger partial charge in [-0.25, -0.2) is 4.79 Å². The second-order valence-corrected chi connectivity index (χ2v) is 3.63. The number of carbonyl (C=O) groups is 2. The molecule has 0 spiro atoms. The zero-order chi connectivity index (χ0) is 11.3. The lowest BCUT2D eigenvalue weighted by atomic mass is 10.2. The third-order valence-electron chi connectivity index (χ3n) is 2.60. The third-order valence-corrected chi connectivity index (χ3v) is 2.60. The molecule has 0 aromatic carbocycles. The van der Waals surface area contributed by atoms with Crippen LogP contribution in [0.25, 0.3) is 0 Å². The lowest BCUT2D eigenvalue weighted by Gasteiger charge is -2.21. The van der Waals surface area contributed by atoms with Crippen LogP contribution in [0.3, 0.4) is 0 Å². The first-order valence-electron chi connectivity index (χ1n) is 5.13. The molecule has 1 aliphatic heterocycles. The maximum absolute atomic E-state index is 11.4. The molecule has 1 aliphatic rings. The van der Waals surface area contributed by atoms with Gasteiger partial charge in [0.25, 0.3) is 0 Å². The molecule has 1 saturated heterocycles. The van der Waals surface area contributed by atoms with Gasteiger partial charge < -0.3 is 11.1 Å². The van der Waals surface area contributed by atoms with Crippen molar-refractivity contribution in [2.24, 2.45) is 5.73 Å². The maximum atomic E-state index is 11.4. The van der Waals surface area contributed by atoms with Crippen molar-refractivity contribution in [2.75, 3.05) is 26.7 Å². The zero-order valence-corrected chi connectivity index (χ0v) is 8.95. The van der Waals surface area contributed by atoms with E-state index in [9.17, 15) is 9.59 Å². The second kappa shape index (κ2) is 5.67. The smallest absolute Gasteiger partial charge is 0.321 e. The van der Waals surface area contributed by atoms with Crippen molar-refractivity contribution < 1.29 is 9.59 Å². The highest BCUT2D eigenvalue weighted by molar-refractivity contribution is 5.95. The van der Waals surface area contributed by atoms with Crippen molar-refractivity contribution in [1.29, 1.82) is 0 Å². The molecule has 6 heteroatoms. The Morgan fingerprint density at radius 3 is 2.87 bits per heavy atom. The molecule has 1 atom stereocenters. The van der Waals surface area contributed by atoms with Crippen molar-refractivity contribution in [2.45, 2.75) is 18.9 Å². The van der Waals surface area contributed by atoms with E-state index in [1.165, 1.54) is 7.05 Å². The number of nitrogens with one attached hydrogen (secondary N) is 2. The average Bonchev–Trinajstić information content (AvgIpc) is 2.64. The van der Waals surface area contributed by atoms with E-state index >= 15 is 0 Å². The Balaban J connectivity index is 2.34. The van der Waals surface area contributed by atoms with Crippen LogP contribution in [0.5, 0.6) is 0 Å². The summed E-state index contributed by atoms with van der Waals surface area (Å²) in [5.41, 5.74) is 5.57. The largest absolute Gasteiger partial charge is 0.341 e. The molecular formula is C9H18N4O2. The number of likely N-dealkylation sites (tertiary alicyclic amines) is 1. The lowest BCUT2D eigenvalue weighted by Crippen LogP contribution is -2.46. The fraction of sp³-hybridized carbons (Fsp3) is 0.778. The molecule has 1 unspecified atom stereocenters. The number of carbonyl (C=O) groups excluding carboxylic acids is 2. The summed E-state index contributed by atoms with van der Waals surface area (Å²) in [5, 5.41) is 4.56. The fourth-order valence-electron chi connectivity index (χ4n) is 1.78. The van der Waals surface area contributed by atoms with E-state index in [2.05, 4.69) is 10.6 Å². The second-order valence-electron chi connectivity index (χ2n) is 3.63. The highest BCUT2D eigenvalue weighted by atomic mass is 16.2. The van der Waals surface area contributed by atoms with Crippen LogP contribution in [0.15, 0.2) is 0 Å². The van der Waals surface area contributed by atoms with E-state index < -0.39 is 6.03 Å². The van der Waals surface area contributed by atoms with Crippen LogP contribution in [-0.4, -0.2) is 49.6 Å². The molecule has 3 amide bonds. The van der Waals surface area contributed by atoms with Crippen LogP contribution in [0, 0.1) is 0 Å². The number of rotatable bonds is 3. The van der Waals surface area contributed by atoms with Gasteiger partial charge in [0.1, 0.15) is 0 Å². The Kier molecular flexibility index (Phi) is 4.51. The zero-order valence-electron chi connectivity index (χ0n) is 8.95. The van der Waals surface area contributed by atoms with Crippen molar-refractivity contribution in [3.05, 3.63) is 0 Å². The minimum Gasteiger partial charge on any atom is -0.341 e. The van der Waals surface area contributed by atoms with Gasteiger partial charge in [0, 0.05) is 19.6 Å². The number of hydrogen-bond acceptors (Lipinski definition) is 4. The topological polar surface area (TPSA) is 87.5 Å². The van der Waals surface area contributed by atoms with E-state index in [0.717, 1.165) is 19.4 Å². The average molecular weight is 214 g/mol. The first-order valence-corrected chi connectivity index (χ1v) is 5.13. The molecule has 1 rings (SSSR count). The van der Waals surface area contributed by atoms with E-state index in [0.29, 0.717) is 6.54 Å². The summed E-state index contributed by atoms with van der Waals surface area (Å²) < 4.78 is 0. The number of amides is 3. The number of nitrogens with zero attached hydrogens (tertiary/aromatic N) is 1. The monoisotopic (exact) mass is 214 g/mol. The molecule has 86 valence electrons. The van der Waals surface area contributed by atoms with Crippen molar-refractivity contribution in [3.63, 3.8) is 0 Å². The quantitative estimate of drug-likeness (QED) is 0.554. The first-order chi connectivity index (χ1) is 7.17. The minimum atomic E-state index is -0.469. The van der Waals surface area contributed by atoms with Gasteiger partial charge in [-0.05, 0) is 19.4 Å². The normalized spacial score (nSPS) is 21.3. The van der Waals surface area contributed by atoms with Gasteiger partial charge in [0.05, 0.1) is 6.54 Å². The van der Waals surface area contributed by atoms with E-state index in [4.69, 9.17) is 5.73 Å². The van der Waals surface area contributed by atoms with Gasteiger partial charge >= 0.3 is 6.03 Å². The summed E-state index contributed by atoms with van der Waals surface area (Å²) in [6, 6.07) is -0.191. The predicted octanol–water partition coefficient (Wildman–Crippen LogP) is -1.13. The van der Waals surface area contributed by atoms with Gasteiger partial charge in [0.2, 0.25) is 5.91 Å². The van der Waals surface area contributed by atoms with Gasteiger partial charge in [-0.1, -0.05) is 0 Å². The van der Waals surface area contributed by atoms with Gasteiger partial charge in [-0.2, -0.15) is 0 Å². The van der Waals surface area contributed by atoms with Crippen LogP contribution in [0.2, 0.25) is 0 Å². The summed E-state index contributed by atoms with van der Waals surface area (Å²) in [5.74, 6) is -0.283. The number of nitrogens with two attached hydrogens (primary N) is 1. The first kappa shape index (κ1) is 11.9. The molecule has 0 aromatic rings. The summed E-state index contributed by atoms with van der Waals surface area (Å²) in [6.07, 6.45) is 2.10. The minimum absolute atomic E-state index is 0.245. The fourth-order valence-corrected chi connectivity index (χ4v) is 1.78. The highest BCUT2D eigenvalue weighted by Crippen LogP contribution is 2.14. The molecule has 0 aromatic heterocycles. The molecule has 1 fully saturated rings. The van der Waals surface area contributed by atoms with Crippen LogP contribution in [0.4, 0.5) is 4.79 Å². The Morgan fingerprint density at radius 2 is 2.27 bits per heavy atom. The molecule has 0 aliphatic carbocycles. The van der Waals surface area contributed by atoms with Gasteiger partial charge in [-0.15, -0.1) is 0 Å². The number of imide groups is 1. The van der Waals surface area contributed by atoms with Crippen molar-refractivity contribution in [3.8, 4) is 0 Å². The lowest BCUT2D eigenvalue weighted by molar-refractivity contribution is -0.121. The van der Waals surface area contributed by atoms with Gasteiger partial charge in [-0.3, -0.25) is 15.0 Å². The molecular weight excluding hydrogens is 196 g/mol. The summed E-state index contributed by atoms with van der Waals surface area (Å²) in [6.45, 7) is 1.69. The van der Waals surface area contributed by atoms with Crippen LogP contribution in [0.1, 0.15) is 12.8 Å². The Hall–Kier alpha value is -1.14. The highest BCUT2D eigenvalue weighted by Gasteiger charge is 2.25. The van der Waals surface area contributed by atoms with Crippen molar-refractivity contribution >= 4 is 11.9 Å². The van der Waals surface area contributed by atoms with E-state index in [-0.39, 0.29) is 18.5 Å². The van der Waals surface area contributed by atoms with Crippen LogP contribution >= 0.6 is 0 Å². The SMILES string of the molecule is CNC(=O)NC(=O)CN1CCCC1CN. The Bertz CT molecular complexity index is 244. The Morgan fingerprint density at radius 1 is 1.53 bits per heavy atom. The van der Waals surface area contributed by atoms with Crippen LogP contribution in [-0.2, 0) is 4.79 Å². The predicted molar refractivity (Wildman–Crippen MR) is 56.2 cm³/mol. The third kappa shape index (κ3) is 3.49. The number of urea groups is 1.